The summed E-state index contributed by atoms with van der Waals surface area (Å²) in [6, 6.07) is 10.5. The second-order valence-corrected chi connectivity index (χ2v) is 4.57. The Balaban J connectivity index is 2.23. The molecule has 0 aromatic heterocycles. The van der Waals surface area contributed by atoms with Gasteiger partial charge in [0.1, 0.15) is 5.75 Å². The SMILES string of the molecule is CCCOc1cccc(C(N)c2ccc(F)c(F)c2)c1. The molecule has 0 aliphatic rings. The fourth-order valence-corrected chi connectivity index (χ4v) is 1.92. The van der Waals surface area contributed by atoms with E-state index >= 15 is 0 Å². The molecule has 0 saturated carbocycles. The van der Waals surface area contributed by atoms with Crippen molar-refractivity contribution in [2.75, 3.05) is 6.61 Å². The Bertz CT molecular complexity index is 586. The maximum Gasteiger partial charge on any atom is 0.159 e. The Labute approximate surface area is 117 Å². The Kier molecular flexibility index (Phi) is 4.69. The van der Waals surface area contributed by atoms with E-state index in [0.29, 0.717) is 12.2 Å². The van der Waals surface area contributed by atoms with E-state index in [1.54, 1.807) is 0 Å². The van der Waals surface area contributed by atoms with Gasteiger partial charge in [0.25, 0.3) is 0 Å². The van der Waals surface area contributed by atoms with Crippen LogP contribution in [0.1, 0.15) is 30.5 Å². The van der Waals surface area contributed by atoms with E-state index in [2.05, 4.69) is 0 Å². The van der Waals surface area contributed by atoms with E-state index in [4.69, 9.17) is 10.5 Å². The zero-order chi connectivity index (χ0) is 14.5. The normalized spacial score (nSPS) is 12.2. The van der Waals surface area contributed by atoms with E-state index < -0.39 is 17.7 Å². The minimum absolute atomic E-state index is 0.518. The van der Waals surface area contributed by atoms with Crippen molar-refractivity contribution in [1.29, 1.82) is 0 Å². The maximum absolute atomic E-state index is 13.2. The van der Waals surface area contributed by atoms with Crippen LogP contribution >= 0.6 is 0 Å². The van der Waals surface area contributed by atoms with Crippen molar-refractivity contribution in [3.05, 3.63) is 65.2 Å². The number of rotatable bonds is 5. The summed E-state index contributed by atoms with van der Waals surface area (Å²) in [4.78, 5) is 0. The van der Waals surface area contributed by atoms with Crippen molar-refractivity contribution < 1.29 is 13.5 Å². The van der Waals surface area contributed by atoms with Crippen molar-refractivity contribution >= 4 is 0 Å². The minimum Gasteiger partial charge on any atom is -0.494 e. The average Bonchev–Trinajstić information content (AvgIpc) is 2.47. The molecule has 0 fully saturated rings. The first-order chi connectivity index (χ1) is 9.61. The van der Waals surface area contributed by atoms with Gasteiger partial charge in [0.05, 0.1) is 12.6 Å². The predicted molar refractivity (Wildman–Crippen MR) is 74.6 cm³/mol. The van der Waals surface area contributed by atoms with Gasteiger partial charge in [-0.2, -0.15) is 0 Å². The van der Waals surface area contributed by atoms with Crippen molar-refractivity contribution in [3.8, 4) is 5.75 Å². The van der Waals surface area contributed by atoms with Crippen LogP contribution in [0.2, 0.25) is 0 Å². The summed E-state index contributed by atoms with van der Waals surface area (Å²) in [5.74, 6) is -1.04. The quantitative estimate of drug-likeness (QED) is 0.902. The molecule has 0 aliphatic carbocycles. The molecule has 4 heteroatoms. The van der Waals surface area contributed by atoms with Gasteiger partial charge >= 0.3 is 0 Å². The van der Waals surface area contributed by atoms with Crippen molar-refractivity contribution in [2.24, 2.45) is 5.73 Å². The summed E-state index contributed by atoms with van der Waals surface area (Å²) in [7, 11) is 0. The first kappa shape index (κ1) is 14.5. The van der Waals surface area contributed by atoms with Crippen molar-refractivity contribution in [2.45, 2.75) is 19.4 Å². The second kappa shape index (κ2) is 6.48. The van der Waals surface area contributed by atoms with Crippen LogP contribution in [0.4, 0.5) is 8.78 Å². The van der Waals surface area contributed by atoms with E-state index in [0.717, 1.165) is 29.9 Å². The van der Waals surface area contributed by atoms with Gasteiger partial charge in [0.2, 0.25) is 0 Å². The standard InChI is InChI=1S/C16H17F2NO/c1-2-8-20-13-5-3-4-11(9-13)16(19)12-6-7-14(17)15(18)10-12/h3-7,9-10,16H,2,8,19H2,1H3. The van der Waals surface area contributed by atoms with Gasteiger partial charge in [0, 0.05) is 0 Å². The highest BCUT2D eigenvalue weighted by molar-refractivity contribution is 5.36. The number of halogens is 2. The zero-order valence-electron chi connectivity index (χ0n) is 11.3. The van der Waals surface area contributed by atoms with Crippen molar-refractivity contribution in [3.63, 3.8) is 0 Å². The average molecular weight is 277 g/mol. The van der Waals surface area contributed by atoms with E-state index in [-0.39, 0.29) is 0 Å². The third-order valence-electron chi connectivity index (χ3n) is 2.99. The first-order valence-electron chi connectivity index (χ1n) is 6.55. The highest BCUT2D eigenvalue weighted by atomic mass is 19.2. The number of nitrogens with two attached hydrogens (primary N) is 1. The van der Waals surface area contributed by atoms with E-state index in [9.17, 15) is 8.78 Å². The number of hydrogen-bond donors (Lipinski definition) is 1. The third-order valence-corrected chi connectivity index (χ3v) is 2.99. The topological polar surface area (TPSA) is 35.2 Å². The Morgan fingerprint density at radius 2 is 1.80 bits per heavy atom. The van der Waals surface area contributed by atoms with Crippen LogP contribution in [0, 0.1) is 11.6 Å². The van der Waals surface area contributed by atoms with Crippen LogP contribution in [0.5, 0.6) is 5.75 Å². The van der Waals surface area contributed by atoms with Crippen LogP contribution in [0.15, 0.2) is 42.5 Å². The molecular formula is C16H17F2NO. The summed E-state index contributed by atoms with van der Waals surface area (Å²) in [5, 5.41) is 0. The molecule has 0 aliphatic heterocycles. The predicted octanol–water partition coefficient (Wildman–Crippen LogP) is 3.80. The molecule has 1 unspecified atom stereocenters. The summed E-state index contributed by atoms with van der Waals surface area (Å²) < 4.78 is 31.7. The highest BCUT2D eigenvalue weighted by Crippen LogP contribution is 2.24. The van der Waals surface area contributed by atoms with E-state index in [1.807, 2.05) is 31.2 Å². The van der Waals surface area contributed by atoms with Gasteiger partial charge in [-0.05, 0) is 41.8 Å². The maximum atomic E-state index is 13.2. The molecule has 106 valence electrons. The first-order valence-corrected chi connectivity index (χ1v) is 6.55. The Morgan fingerprint density at radius 1 is 1.05 bits per heavy atom. The molecule has 0 amide bonds. The number of benzene rings is 2. The molecule has 0 heterocycles. The molecule has 0 spiro atoms. The molecule has 1 atom stereocenters. The zero-order valence-corrected chi connectivity index (χ0v) is 11.3. The second-order valence-electron chi connectivity index (χ2n) is 4.57. The van der Waals surface area contributed by atoms with Crippen molar-refractivity contribution in [1.82, 2.24) is 0 Å². The van der Waals surface area contributed by atoms with Gasteiger partial charge in [0.15, 0.2) is 11.6 Å². The summed E-state index contributed by atoms with van der Waals surface area (Å²) in [6.07, 6.45) is 0.916. The number of ether oxygens (including phenoxy) is 1. The molecule has 2 rings (SSSR count). The molecule has 20 heavy (non-hydrogen) atoms. The lowest BCUT2D eigenvalue weighted by Gasteiger charge is -2.14. The van der Waals surface area contributed by atoms with Gasteiger partial charge < -0.3 is 10.5 Å². The summed E-state index contributed by atoms with van der Waals surface area (Å²) in [5.41, 5.74) is 7.41. The molecule has 2 aromatic rings. The minimum atomic E-state index is -0.892. The molecule has 0 saturated heterocycles. The fraction of sp³-hybridized carbons (Fsp3) is 0.250. The smallest absolute Gasteiger partial charge is 0.159 e. The molecular weight excluding hydrogens is 260 g/mol. The highest BCUT2D eigenvalue weighted by Gasteiger charge is 2.12. The largest absolute Gasteiger partial charge is 0.494 e. The van der Waals surface area contributed by atoms with Gasteiger partial charge in [-0.3, -0.25) is 0 Å². The van der Waals surface area contributed by atoms with Crippen LogP contribution in [-0.4, -0.2) is 6.61 Å². The molecule has 2 N–H and O–H groups in total. The van der Waals surface area contributed by atoms with Gasteiger partial charge in [-0.25, -0.2) is 8.78 Å². The van der Waals surface area contributed by atoms with Gasteiger partial charge in [-0.1, -0.05) is 25.1 Å². The molecule has 0 bridgehead atoms. The lowest BCUT2D eigenvalue weighted by Crippen LogP contribution is -2.12. The lowest BCUT2D eigenvalue weighted by atomic mass is 9.99. The van der Waals surface area contributed by atoms with Crippen LogP contribution in [0.3, 0.4) is 0 Å². The Morgan fingerprint density at radius 3 is 2.50 bits per heavy atom. The molecule has 2 nitrogen and oxygen atoms in total. The summed E-state index contributed by atoms with van der Waals surface area (Å²) >= 11 is 0. The molecule has 0 radical (unpaired) electrons. The number of hydrogen-bond acceptors (Lipinski definition) is 2. The van der Waals surface area contributed by atoms with E-state index in [1.165, 1.54) is 6.07 Å². The van der Waals surface area contributed by atoms with Crippen LogP contribution < -0.4 is 10.5 Å². The monoisotopic (exact) mass is 277 g/mol. The van der Waals surface area contributed by atoms with Crippen LogP contribution in [0.25, 0.3) is 0 Å². The third kappa shape index (κ3) is 3.33. The fourth-order valence-electron chi connectivity index (χ4n) is 1.92. The molecule has 2 aromatic carbocycles. The van der Waals surface area contributed by atoms with Gasteiger partial charge in [-0.15, -0.1) is 0 Å². The van der Waals surface area contributed by atoms with Crippen LogP contribution in [-0.2, 0) is 0 Å². The Hall–Kier alpha value is -1.94. The summed E-state index contributed by atoms with van der Waals surface area (Å²) in [6.45, 7) is 2.65. The lowest BCUT2D eigenvalue weighted by molar-refractivity contribution is 0.317.